The van der Waals surface area contributed by atoms with Gasteiger partial charge in [0.15, 0.2) is 0 Å². The quantitative estimate of drug-likeness (QED) is 0.715. The maximum Gasteiger partial charge on any atom is 0.320 e. The number of likely N-dealkylation sites (tertiary alicyclic amines) is 2. The van der Waals surface area contributed by atoms with Crippen LogP contribution >= 0.6 is 12.4 Å². The highest BCUT2D eigenvalue weighted by molar-refractivity contribution is 5.85. The Morgan fingerprint density at radius 3 is 2.39 bits per heavy atom. The summed E-state index contributed by atoms with van der Waals surface area (Å²) >= 11 is 0. The fourth-order valence-corrected chi connectivity index (χ4v) is 3.19. The van der Waals surface area contributed by atoms with Crippen LogP contribution in [-0.4, -0.2) is 67.6 Å². The second-order valence-corrected chi connectivity index (χ2v) is 6.30. The number of nitrogens with one attached hydrogen (secondary N) is 2. The number of hydrogen-bond donors (Lipinski definition) is 2. The molecule has 0 aromatic rings. The first-order valence-corrected chi connectivity index (χ1v) is 8.74. The molecular formula is C16H31ClN4O2. The minimum atomic E-state index is -0.0496. The Hall–Kier alpha value is -1.01. The molecule has 2 saturated heterocycles. The van der Waals surface area contributed by atoms with E-state index in [0.717, 1.165) is 64.8 Å². The van der Waals surface area contributed by atoms with Gasteiger partial charge in [-0.05, 0) is 38.6 Å². The topological polar surface area (TPSA) is 64.7 Å². The van der Waals surface area contributed by atoms with Gasteiger partial charge in [-0.3, -0.25) is 4.79 Å². The highest BCUT2D eigenvalue weighted by Gasteiger charge is 2.31. The number of hydrogen-bond acceptors (Lipinski definition) is 3. The Balaban J connectivity index is 0.00000264. The zero-order valence-electron chi connectivity index (χ0n) is 14.2. The number of carbonyl (C=O) groups excluding carboxylic acids is 2. The van der Waals surface area contributed by atoms with Gasteiger partial charge in [0, 0.05) is 39.3 Å². The van der Waals surface area contributed by atoms with Gasteiger partial charge < -0.3 is 20.4 Å². The number of urea groups is 1. The van der Waals surface area contributed by atoms with E-state index >= 15 is 0 Å². The van der Waals surface area contributed by atoms with Crippen molar-refractivity contribution in [3.63, 3.8) is 0 Å². The molecule has 0 aromatic carbocycles. The van der Waals surface area contributed by atoms with E-state index in [1.165, 1.54) is 0 Å². The minimum Gasteiger partial charge on any atom is -0.355 e. The molecule has 2 N–H and O–H groups in total. The molecule has 0 radical (unpaired) electrons. The lowest BCUT2D eigenvalue weighted by atomic mass is 9.97. The molecule has 2 aliphatic heterocycles. The summed E-state index contributed by atoms with van der Waals surface area (Å²) in [4.78, 5) is 28.4. The lowest BCUT2D eigenvalue weighted by Gasteiger charge is -2.34. The molecule has 2 aliphatic rings. The summed E-state index contributed by atoms with van der Waals surface area (Å²) in [5.41, 5.74) is 0. The van der Waals surface area contributed by atoms with Crippen LogP contribution in [0.1, 0.15) is 39.0 Å². The van der Waals surface area contributed by atoms with E-state index in [9.17, 15) is 9.59 Å². The average molecular weight is 347 g/mol. The summed E-state index contributed by atoms with van der Waals surface area (Å²) < 4.78 is 0. The maximum absolute atomic E-state index is 12.4. The first-order chi connectivity index (χ1) is 10.7. The van der Waals surface area contributed by atoms with Gasteiger partial charge in [0.05, 0.1) is 5.92 Å². The van der Waals surface area contributed by atoms with Gasteiger partial charge >= 0.3 is 6.03 Å². The normalized spacial score (nSPS) is 21.0. The number of amides is 3. The lowest BCUT2D eigenvalue weighted by Crippen LogP contribution is -2.50. The molecule has 2 fully saturated rings. The molecule has 0 spiro atoms. The number of carbonyl (C=O) groups is 2. The van der Waals surface area contributed by atoms with Crippen LogP contribution in [0.2, 0.25) is 0 Å². The highest BCUT2D eigenvalue weighted by atomic mass is 35.5. The van der Waals surface area contributed by atoms with Gasteiger partial charge in [-0.15, -0.1) is 12.4 Å². The molecule has 0 aromatic heterocycles. The first kappa shape index (κ1) is 20.0. The molecule has 134 valence electrons. The van der Waals surface area contributed by atoms with Crippen molar-refractivity contribution in [3.05, 3.63) is 0 Å². The molecule has 3 amide bonds. The molecule has 0 aliphatic carbocycles. The minimum absolute atomic E-state index is 0. The van der Waals surface area contributed by atoms with Crippen molar-refractivity contribution in [2.75, 3.05) is 45.8 Å². The third kappa shape index (κ3) is 6.18. The van der Waals surface area contributed by atoms with Crippen LogP contribution in [-0.2, 0) is 4.79 Å². The molecule has 7 heteroatoms. The van der Waals surface area contributed by atoms with Crippen LogP contribution < -0.4 is 10.6 Å². The summed E-state index contributed by atoms with van der Waals surface area (Å²) in [6.07, 6.45) is 5.12. The molecule has 1 atom stereocenters. The second kappa shape index (κ2) is 10.7. The standard InChI is InChI=1S/C16H30N4O2.ClH/c1-2-7-17-8-9-18-15(21)14-6-5-12-20(13-14)16(22)19-10-3-4-11-19;/h14,17H,2-13H2,1H3,(H,18,21);1H. The Kier molecular flexibility index (Phi) is 9.33. The van der Waals surface area contributed by atoms with E-state index in [4.69, 9.17) is 0 Å². The number of halogens is 1. The highest BCUT2D eigenvalue weighted by Crippen LogP contribution is 2.19. The van der Waals surface area contributed by atoms with Crippen LogP contribution in [0, 0.1) is 5.92 Å². The molecule has 0 bridgehead atoms. The van der Waals surface area contributed by atoms with E-state index in [1.54, 1.807) is 0 Å². The van der Waals surface area contributed by atoms with Crippen molar-refractivity contribution < 1.29 is 9.59 Å². The van der Waals surface area contributed by atoms with Crippen molar-refractivity contribution in [1.29, 1.82) is 0 Å². The first-order valence-electron chi connectivity index (χ1n) is 8.74. The zero-order chi connectivity index (χ0) is 15.8. The Bertz CT molecular complexity index is 375. The van der Waals surface area contributed by atoms with Crippen molar-refractivity contribution in [2.45, 2.75) is 39.0 Å². The average Bonchev–Trinajstić information content (AvgIpc) is 3.08. The van der Waals surface area contributed by atoms with Gasteiger partial charge in [0.2, 0.25) is 5.91 Å². The van der Waals surface area contributed by atoms with Crippen molar-refractivity contribution >= 4 is 24.3 Å². The van der Waals surface area contributed by atoms with E-state index in [0.29, 0.717) is 13.1 Å². The van der Waals surface area contributed by atoms with Gasteiger partial charge in [0.25, 0.3) is 0 Å². The number of rotatable bonds is 6. The van der Waals surface area contributed by atoms with Crippen LogP contribution in [0.3, 0.4) is 0 Å². The molecule has 6 nitrogen and oxygen atoms in total. The number of nitrogens with zero attached hydrogens (tertiary/aromatic N) is 2. The largest absolute Gasteiger partial charge is 0.355 e. The fourth-order valence-electron chi connectivity index (χ4n) is 3.19. The number of piperidine rings is 1. The summed E-state index contributed by atoms with van der Waals surface area (Å²) in [7, 11) is 0. The Labute approximate surface area is 145 Å². The Morgan fingerprint density at radius 1 is 1.00 bits per heavy atom. The van der Waals surface area contributed by atoms with Crippen LogP contribution in [0.25, 0.3) is 0 Å². The van der Waals surface area contributed by atoms with Gasteiger partial charge in [-0.2, -0.15) is 0 Å². The predicted octanol–water partition coefficient (Wildman–Crippen LogP) is 1.45. The van der Waals surface area contributed by atoms with E-state index in [2.05, 4.69) is 17.6 Å². The van der Waals surface area contributed by atoms with Crippen molar-refractivity contribution in [1.82, 2.24) is 20.4 Å². The van der Waals surface area contributed by atoms with Crippen molar-refractivity contribution in [2.24, 2.45) is 5.92 Å². The third-order valence-electron chi connectivity index (χ3n) is 4.47. The second-order valence-electron chi connectivity index (χ2n) is 6.30. The van der Waals surface area contributed by atoms with Gasteiger partial charge in [0.1, 0.15) is 0 Å². The summed E-state index contributed by atoms with van der Waals surface area (Å²) in [5.74, 6) is 0.0451. The maximum atomic E-state index is 12.4. The van der Waals surface area contributed by atoms with E-state index < -0.39 is 0 Å². The fraction of sp³-hybridized carbons (Fsp3) is 0.875. The smallest absolute Gasteiger partial charge is 0.320 e. The van der Waals surface area contributed by atoms with E-state index in [-0.39, 0.29) is 30.3 Å². The van der Waals surface area contributed by atoms with Crippen LogP contribution in [0.15, 0.2) is 0 Å². The third-order valence-corrected chi connectivity index (χ3v) is 4.47. The van der Waals surface area contributed by atoms with Crippen LogP contribution in [0.5, 0.6) is 0 Å². The van der Waals surface area contributed by atoms with E-state index in [1.807, 2.05) is 9.80 Å². The van der Waals surface area contributed by atoms with Crippen LogP contribution in [0.4, 0.5) is 4.79 Å². The summed E-state index contributed by atoms with van der Waals surface area (Å²) in [6.45, 7) is 7.68. The van der Waals surface area contributed by atoms with Gasteiger partial charge in [-0.25, -0.2) is 4.79 Å². The molecule has 0 saturated carbocycles. The molecule has 23 heavy (non-hydrogen) atoms. The molecule has 1 unspecified atom stereocenters. The SMILES string of the molecule is CCCNCCNC(=O)C1CCCN(C(=O)N2CCCC2)C1.Cl. The molecule has 2 rings (SSSR count). The molecular weight excluding hydrogens is 316 g/mol. The predicted molar refractivity (Wildman–Crippen MR) is 93.9 cm³/mol. The lowest BCUT2D eigenvalue weighted by molar-refractivity contribution is -0.126. The zero-order valence-corrected chi connectivity index (χ0v) is 15.0. The van der Waals surface area contributed by atoms with Crippen molar-refractivity contribution in [3.8, 4) is 0 Å². The summed E-state index contributed by atoms with van der Waals surface area (Å²) in [5, 5.41) is 6.26. The summed E-state index contributed by atoms with van der Waals surface area (Å²) in [6, 6.07) is 0.125. The van der Waals surface area contributed by atoms with Gasteiger partial charge in [-0.1, -0.05) is 6.92 Å². The molecule has 2 heterocycles. The monoisotopic (exact) mass is 346 g/mol. The Morgan fingerprint density at radius 2 is 1.70 bits per heavy atom.